The Hall–Kier alpha value is -1.78. The standard InChI is InChI=1S/C11H16N4O/c12-11(16)14-7-6-13-10-5-4-8-2-1-3-9(8)15-10/h4-5H,1-3,6-7H2,(H,13,15)(H3,12,14,16). The number of nitrogens with one attached hydrogen (secondary N) is 2. The summed E-state index contributed by atoms with van der Waals surface area (Å²) in [4.78, 5) is 14.9. The molecule has 1 aromatic heterocycles. The van der Waals surface area contributed by atoms with Crippen LogP contribution in [0.4, 0.5) is 10.6 Å². The van der Waals surface area contributed by atoms with Gasteiger partial charge in [0.25, 0.3) is 0 Å². The zero-order chi connectivity index (χ0) is 11.4. The molecule has 1 aliphatic carbocycles. The maximum Gasteiger partial charge on any atom is 0.312 e. The number of rotatable bonds is 4. The summed E-state index contributed by atoms with van der Waals surface area (Å²) in [6, 6.07) is 3.61. The van der Waals surface area contributed by atoms with Crippen LogP contribution in [0.15, 0.2) is 12.1 Å². The van der Waals surface area contributed by atoms with Gasteiger partial charge in [-0.3, -0.25) is 0 Å². The van der Waals surface area contributed by atoms with Gasteiger partial charge < -0.3 is 16.4 Å². The normalized spacial score (nSPS) is 13.2. The van der Waals surface area contributed by atoms with Gasteiger partial charge >= 0.3 is 6.03 Å². The van der Waals surface area contributed by atoms with Crippen LogP contribution in [0.1, 0.15) is 17.7 Å². The molecule has 0 spiro atoms. The molecule has 1 aromatic rings. The second kappa shape index (κ2) is 4.83. The van der Waals surface area contributed by atoms with E-state index in [1.807, 2.05) is 6.07 Å². The van der Waals surface area contributed by atoms with Gasteiger partial charge in [0.15, 0.2) is 0 Å². The summed E-state index contributed by atoms with van der Waals surface area (Å²) in [6.07, 6.45) is 3.42. The van der Waals surface area contributed by atoms with Crippen molar-refractivity contribution in [3.8, 4) is 0 Å². The van der Waals surface area contributed by atoms with Crippen LogP contribution < -0.4 is 16.4 Å². The smallest absolute Gasteiger partial charge is 0.312 e. The molecule has 2 rings (SSSR count). The molecule has 0 atom stereocenters. The molecule has 4 N–H and O–H groups in total. The highest BCUT2D eigenvalue weighted by atomic mass is 16.2. The summed E-state index contributed by atoms with van der Waals surface area (Å²) in [5.41, 5.74) is 7.52. The van der Waals surface area contributed by atoms with Crippen molar-refractivity contribution in [3.05, 3.63) is 23.4 Å². The molecule has 2 amide bonds. The highest BCUT2D eigenvalue weighted by Gasteiger charge is 2.11. The van der Waals surface area contributed by atoms with Gasteiger partial charge in [-0.15, -0.1) is 0 Å². The molecule has 0 saturated carbocycles. The molecular formula is C11H16N4O. The highest BCUT2D eigenvalue weighted by molar-refractivity contribution is 5.71. The highest BCUT2D eigenvalue weighted by Crippen LogP contribution is 2.21. The summed E-state index contributed by atoms with van der Waals surface area (Å²) in [5.74, 6) is 0.868. The summed E-state index contributed by atoms with van der Waals surface area (Å²) in [5, 5.41) is 5.66. The van der Waals surface area contributed by atoms with E-state index in [9.17, 15) is 4.79 Å². The topological polar surface area (TPSA) is 80.0 Å². The van der Waals surface area contributed by atoms with Crippen molar-refractivity contribution in [3.63, 3.8) is 0 Å². The molecule has 86 valence electrons. The van der Waals surface area contributed by atoms with Crippen LogP contribution in [0.5, 0.6) is 0 Å². The number of fused-ring (bicyclic) bond motifs is 1. The fourth-order valence-corrected chi connectivity index (χ4v) is 1.90. The van der Waals surface area contributed by atoms with E-state index in [1.54, 1.807) is 0 Å². The van der Waals surface area contributed by atoms with Crippen molar-refractivity contribution in [2.24, 2.45) is 5.73 Å². The minimum Gasteiger partial charge on any atom is -0.368 e. The molecule has 16 heavy (non-hydrogen) atoms. The zero-order valence-corrected chi connectivity index (χ0v) is 9.12. The van der Waals surface area contributed by atoms with E-state index in [0.717, 1.165) is 18.7 Å². The molecule has 0 fully saturated rings. The Morgan fingerprint density at radius 1 is 1.38 bits per heavy atom. The Morgan fingerprint density at radius 3 is 3.06 bits per heavy atom. The van der Waals surface area contributed by atoms with E-state index in [-0.39, 0.29) is 0 Å². The summed E-state index contributed by atoms with van der Waals surface area (Å²) in [6.45, 7) is 1.14. The lowest BCUT2D eigenvalue weighted by Gasteiger charge is -2.07. The van der Waals surface area contributed by atoms with Crippen molar-refractivity contribution in [1.29, 1.82) is 0 Å². The molecule has 5 heteroatoms. The van der Waals surface area contributed by atoms with Gasteiger partial charge in [0, 0.05) is 18.8 Å². The number of carbonyl (C=O) groups is 1. The molecule has 5 nitrogen and oxygen atoms in total. The number of anilines is 1. The average Bonchev–Trinajstić information content (AvgIpc) is 2.71. The molecule has 0 aliphatic heterocycles. The Bertz CT molecular complexity index is 392. The van der Waals surface area contributed by atoms with Crippen LogP contribution in [0.2, 0.25) is 0 Å². The first-order chi connectivity index (χ1) is 7.75. The average molecular weight is 220 g/mol. The number of nitrogens with zero attached hydrogens (tertiary/aromatic N) is 1. The third kappa shape index (κ3) is 2.62. The number of amides is 2. The molecule has 0 aromatic carbocycles. The first-order valence-corrected chi connectivity index (χ1v) is 5.51. The van der Waals surface area contributed by atoms with Crippen LogP contribution in [0, 0.1) is 0 Å². The maximum absolute atomic E-state index is 10.4. The Balaban J connectivity index is 1.83. The molecule has 0 bridgehead atoms. The Labute approximate surface area is 94.4 Å². The predicted octanol–water partition coefficient (Wildman–Crippen LogP) is 0.650. The minimum atomic E-state index is -0.497. The van der Waals surface area contributed by atoms with Crippen molar-refractivity contribution < 1.29 is 4.79 Å². The first-order valence-electron chi connectivity index (χ1n) is 5.51. The maximum atomic E-state index is 10.4. The second-order valence-corrected chi connectivity index (χ2v) is 3.87. The van der Waals surface area contributed by atoms with E-state index in [2.05, 4.69) is 21.7 Å². The third-order valence-corrected chi connectivity index (χ3v) is 2.66. The number of urea groups is 1. The number of aryl methyl sites for hydroxylation is 2. The van der Waals surface area contributed by atoms with Crippen molar-refractivity contribution >= 4 is 11.8 Å². The lowest BCUT2D eigenvalue weighted by atomic mass is 10.2. The second-order valence-electron chi connectivity index (χ2n) is 3.87. The van der Waals surface area contributed by atoms with Gasteiger partial charge in [0.2, 0.25) is 0 Å². The van der Waals surface area contributed by atoms with Gasteiger partial charge in [-0.1, -0.05) is 6.07 Å². The van der Waals surface area contributed by atoms with E-state index < -0.39 is 6.03 Å². The van der Waals surface area contributed by atoms with Crippen molar-refractivity contribution in [1.82, 2.24) is 10.3 Å². The molecule has 1 heterocycles. The monoisotopic (exact) mass is 220 g/mol. The number of nitrogens with two attached hydrogens (primary N) is 1. The SMILES string of the molecule is NC(=O)NCCNc1ccc2c(n1)CCC2. The van der Waals surface area contributed by atoms with Crippen molar-refractivity contribution in [2.45, 2.75) is 19.3 Å². The fourth-order valence-electron chi connectivity index (χ4n) is 1.90. The summed E-state index contributed by atoms with van der Waals surface area (Å²) < 4.78 is 0. The van der Waals surface area contributed by atoms with Crippen LogP contribution in [-0.4, -0.2) is 24.1 Å². The number of hydrogen-bond acceptors (Lipinski definition) is 3. The Morgan fingerprint density at radius 2 is 2.25 bits per heavy atom. The number of hydrogen-bond donors (Lipinski definition) is 3. The number of pyridine rings is 1. The van der Waals surface area contributed by atoms with Crippen molar-refractivity contribution in [2.75, 3.05) is 18.4 Å². The van der Waals surface area contributed by atoms with E-state index >= 15 is 0 Å². The van der Waals surface area contributed by atoms with Gasteiger partial charge in [-0.2, -0.15) is 0 Å². The third-order valence-electron chi connectivity index (χ3n) is 2.66. The van der Waals surface area contributed by atoms with Gasteiger partial charge in [-0.25, -0.2) is 9.78 Å². The zero-order valence-electron chi connectivity index (χ0n) is 9.12. The van der Waals surface area contributed by atoms with Crippen LogP contribution in [-0.2, 0) is 12.8 Å². The number of primary amides is 1. The molecule has 1 aliphatic rings. The summed E-state index contributed by atoms with van der Waals surface area (Å²) >= 11 is 0. The van der Waals surface area contributed by atoms with E-state index in [0.29, 0.717) is 13.1 Å². The van der Waals surface area contributed by atoms with Gasteiger partial charge in [-0.05, 0) is 30.9 Å². The predicted molar refractivity (Wildman–Crippen MR) is 62.3 cm³/mol. The number of carbonyl (C=O) groups excluding carboxylic acids is 1. The molecule has 0 radical (unpaired) electrons. The molecular weight excluding hydrogens is 204 g/mol. The van der Waals surface area contributed by atoms with Gasteiger partial charge in [0.1, 0.15) is 5.82 Å². The van der Waals surface area contributed by atoms with E-state index in [1.165, 1.54) is 17.7 Å². The molecule has 0 unspecified atom stereocenters. The quantitative estimate of drug-likeness (QED) is 0.652. The largest absolute Gasteiger partial charge is 0.368 e. The van der Waals surface area contributed by atoms with Crippen LogP contribution in [0.25, 0.3) is 0 Å². The van der Waals surface area contributed by atoms with Crippen LogP contribution >= 0.6 is 0 Å². The lowest BCUT2D eigenvalue weighted by Crippen LogP contribution is -2.33. The first kappa shape index (κ1) is 10.7. The minimum absolute atomic E-state index is 0.497. The lowest BCUT2D eigenvalue weighted by molar-refractivity contribution is 0.249. The van der Waals surface area contributed by atoms with Crippen LogP contribution in [0.3, 0.4) is 0 Å². The summed E-state index contributed by atoms with van der Waals surface area (Å²) in [7, 11) is 0. The molecule has 0 saturated heterocycles. The number of aromatic nitrogens is 1. The Kier molecular flexibility index (Phi) is 3.24. The van der Waals surface area contributed by atoms with Gasteiger partial charge in [0.05, 0.1) is 0 Å². The fraction of sp³-hybridized carbons (Fsp3) is 0.455. The van der Waals surface area contributed by atoms with E-state index in [4.69, 9.17) is 5.73 Å².